The van der Waals surface area contributed by atoms with Crippen LogP contribution in [-0.4, -0.2) is 7.05 Å². The Hall–Kier alpha value is -1.32. The Labute approximate surface area is 106 Å². The standard InChI is InChI=1S/C14H17NOS/c1-11(15-2)13-7-3-4-8-14(13)16-10-12-6-5-9-17-12/h3-9,11,15H,10H2,1-2H3. The molecule has 0 spiro atoms. The van der Waals surface area contributed by atoms with E-state index in [9.17, 15) is 0 Å². The van der Waals surface area contributed by atoms with Crippen LogP contribution < -0.4 is 10.1 Å². The molecule has 17 heavy (non-hydrogen) atoms. The minimum absolute atomic E-state index is 0.300. The molecule has 0 radical (unpaired) electrons. The predicted octanol–water partition coefficient (Wildman–Crippen LogP) is 3.61. The van der Waals surface area contributed by atoms with Gasteiger partial charge < -0.3 is 10.1 Å². The van der Waals surface area contributed by atoms with Gasteiger partial charge in [0, 0.05) is 16.5 Å². The van der Waals surface area contributed by atoms with Gasteiger partial charge in [0.15, 0.2) is 0 Å². The molecule has 2 rings (SSSR count). The van der Waals surface area contributed by atoms with E-state index < -0.39 is 0 Å². The number of hydrogen-bond donors (Lipinski definition) is 1. The first-order valence-electron chi connectivity index (χ1n) is 5.72. The molecular formula is C14H17NOS. The first-order chi connectivity index (χ1) is 8.31. The van der Waals surface area contributed by atoms with Crippen LogP contribution in [0.25, 0.3) is 0 Å². The van der Waals surface area contributed by atoms with Gasteiger partial charge in [-0.3, -0.25) is 0 Å². The quantitative estimate of drug-likeness (QED) is 0.871. The summed E-state index contributed by atoms with van der Waals surface area (Å²) in [7, 11) is 1.96. The van der Waals surface area contributed by atoms with E-state index in [1.807, 2.05) is 31.3 Å². The highest BCUT2D eigenvalue weighted by atomic mass is 32.1. The highest BCUT2D eigenvalue weighted by Crippen LogP contribution is 2.25. The highest BCUT2D eigenvalue weighted by molar-refractivity contribution is 7.09. The lowest BCUT2D eigenvalue weighted by molar-refractivity contribution is 0.304. The lowest BCUT2D eigenvalue weighted by Gasteiger charge is -2.15. The van der Waals surface area contributed by atoms with Gasteiger partial charge in [0.2, 0.25) is 0 Å². The van der Waals surface area contributed by atoms with Crippen LogP contribution in [0.4, 0.5) is 0 Å². The maximum Gasteiger partial charge on any atom is 0.124 e. The van der Waals surface area contributed by atoms with Gasteiger partial charge in [-0.05, 0) is 31.5 Å². The molecule has 0 fully saturated rings. The Morgan fingerprint density at radius 3 is 2.76 bits per heavy atom. The summed E-state index contributed by atoms with van der Waals surface area (Å²) in [6.45, 7) is 2.78. The molecular weight excluding hydrogens is 230 g/mol. The van der Waals surface area contributed by atoms with Crippen molar-refractivity contribution in [3.63, 3.8) is 0 Å². The van der Waals surface area contributed by atoms with Crippen molar-refractivity contribution in [3.8, 4) is 5.75 Å². The van der Waals surface area contributed by atoms with Gasteiger partial charge in [-0.25, -0.2) is 0 Å². The van der Waals surface area contributed by atoms with E-state index in [1.165, 1.54) is 10.4 Å². The van der Waals surface area contributed by atoms with Crippen molar-refractivity contribution in [2.75, 3.05) is 7.05 Å². The summed E-state index contributed by atoms with van der Waals surface area (Å²) in [6, 6.07) is 12.6. The van der Waals surface area contributed by atoms with Gasteiger partial charge >= 0.3 is 0 Å². The third-order valence-electron chi connectivity index (χ3n) is 2.77. The fourth-order valence-corrected chi connectivity index (χ4v) is 2.28. The molecule has 90 valence electrons. The second-order valence-corrected chi connectivity index (χ2v) is 4.95. The van der Waals surface area contributed by atoms with Crippen molar-refractivity contribution < 1.29 is 4.74 Å². The van der Waals surface area contributed by atoms with Crippen LogP contribution in [0.2, 0.25) is 0 Å². The molecule has 1 aromatic carbocycles. The Morgan fingerprint density at radius 2 is 2.06 bits per heavy atom. The molecule has 0 saturated carbocycles. The van der Waals surface area contributed by atoms with Gasteiger partial charge in [-0.15, -0.1) is 11.3 Å². The monoisotopic (exact) mass is 247 g/mol. The summed E-state index contributed by atoms with van der Waals surface area (Å²) in [6.07, 6.45) is 0. The molecule has 0 aliphatic heterocycles. The van der Waals surface area contributed by atoms with Gasteiger partial charge in [0.05, 0.1) is 0 Å². The topological polar surface area (TPSA) is 21.3 Å². The summed E-state index contributed by atoms with van der Waals surface area (Å²) in [4.78, 5) is 1.25. The number of rotatable bonds is 5. The van der Waals surface area contributed by atoms with Crippen molar-refractivity contribution in [2.45, 2.75) is 19.6 Å². The van der Waals surface area contributed by atoms with E-state index in [0.29, 0.717) is 12.6 Å². The van der Waals surface area contributed by atoms with Crippen LogP contribution in [0.5, 0.6) is 5.75 Å². The number of benzene rings is 1. The van der Waals surface area contributed by atoms with Crippen molar-refractivity contribution in [2.24, 2.45) is 0 Å². The largest absolute Gasteiger partial charge is 0.488 e. The molecule has 0 aliphatic rings. The van der Waals surface area contributed by atoms with E-state index in [2.05, 4.69) is 29.8 Å². The van der Waals surface area contributed by atoms with Crippen LogP contribution in [0.1, 0.15) is 23.4 Å². The molecule has 0 amide bonds. The minimum Gasteiger partial charge on any atom is -0.488 e. The third kappa shape index (κ3) is 3.08. The minimum atomic E-state index is 0.300. The van der Waals surface area contributed by atoms with Crippen LogP contribution in [0, 0.1) is 0 Å². The average Bonchev–Trinajstić information content (AvgIpc) is 2.89. The summed E-state index contributed by atoms with van der Waals surface area (Å²) in [5.74, 6) is 0.961. The molecule has 0 bridgehead atoms. The number of nitrogens with one attached hydrogen (secondary N) is 1. The maximum atomic E-state index is 5.87. The molecule has 2 aromatic rings. The van der Waals surface area contributed by atoms with Crippen molar-refractivity contribution >= 4 is 11.3 Å². The van der Waals surface area contributed by atoms with Crippen LogP contribution in [0.15, 0.2) is 41.8 Å². The summed E-state index contributed by atoms with van der Waals surface area (Å²) in [5.41, 5.74) is 1.20. The van der Waals surface area contributed by atoms with Crippen LogP contribution in [0.3, 0.4) is 0 Å². The predicted molar refractivity (Wildman–Crippen MR) is 72.6 cm³/mol. The fraction of sp³-hybridized carbons (Fsp3) is 0.286. The molecule has 1 atom stereocenters. The Kier molecular flexibility index (Phi) is 4.18. The van der Waals surface area contributed by atoms with E-state index >= 15 is 0 Å². The summed E-state index contributed by atoms with van der Waals surface area (Å²) in [5, 5.41) is 5.31. The van der Waals surface area contributed by atoms with E-state index in [-0.39, 0.29) is 0 Å². The Balaban J connectivity index is 2.09. The molecule has 2 nitrogen and oxygen atoms in total. The zero-order valence-electron chi connectivity index (χ0n) is 10.1. The van der Waals surface area contributed by atoms with Crippen molar-refractivity contribution in [1.82, 2.24) is 5.32 Å². The average molecular weight is 247 g/mol. The van der Waals surface area contributed by atoms with Gasteiger partial charge in [0.25, 0.3) is 0 Å². The molecule has 1 N–H and O–H groups in total. The zero-order chi connectivity index (χ0) is 12.1. The second-order valence-electron chi connectivity index (χ2n) is 3.92. The number of para-hydroxylation sites is 1. The molecule has 0 saturated heterocycles. The number of hydrogen-bond acceptors (Lipinski definition) is 3. The molecule has 3 heteroatoms. The lowest BCUT2D eigenvalue weighted by Crippen LogP contribution is -2.13. The smallest absolute Gasteiger partial charge is 0.124 e. The molecule has 1 unspecified atom stereocenters. The molecule has 1 aromatic heterocycles. The fourth-order valence-electron chi connectivity index (χ4n) is 1.67. The van der Waals surface area contributed by atoms with Gasteiger partial charge in [-0.2, -0.15) is 0 Å². The molecule has 0 aliphatic carbocycles. The van der Waals surface area contributed by atoms with Crippen LogP contribution >= 0.6 is 11.3 Å². The lowest BCUT2D eigenvalue weighted by atomic mass is 10.1. The normalized spacial score (nSPS) is 12.4. The van der Waals surface area contributed by atoms with Gasteiger partial charge in [-0.1, -0.05) is 24.3 Å². The number of ether oxygens (including phenoxy) is 1. The van der Waals surface area contributed by atoms with Gasteiger partial charge in [0.1, 0.15) is 12.4 Å². The Bertz CT molecular complexity index is 453. The van der Waals surface area contributed by atoms with Crippen LogP contribution in [-0.2, 0) is 6.61 Å². The molecule has 1 heterocycles. The summed E-state index contributed by atoms with van der Waals surface area (Å²) >= 11 is 1.72. The second kappa shape index (κ2) is 5.84. The first-order valence-corrected chi connectivity index (χ1v) is 6.60. The van der Waals surface area contributed by atoms with Crippen molar-refractivity contribution in [3.05, 3.63) is 52.2 Å². The first kappa shape index (κ1) is 12.1. The SMILES string of the molecule is CNC(C)c1ccccc1OCc1cccs1. The van der Waals surface area contributed by atoms with E-state index in [0.717, 1.165) is 5.75 Å². The number of thiophene rings is 1. The maximum absolute atomic E-state index is 5.87. The van der Waals surface area contributed by atoms with Crippen molar-refractivity contribution in [1.29, 1.82) is 0 Å². The summed E-state index contributed by atoms with van der Waals surface area (Å²) < 4.78 is 5.87. The third-order valence-corrected chi connectivity index (χ3v) is 3.62. The van der Waals surface area contributed by atoms with E-state index in [4.69, 9.17) is 4.74 Å². The highest BCUT2D eigenvalue weighted by Gasteiger charge is 2.09. The zero-order valence-corrected chi connectivity index (χ0v) is 11.0. The van der Waals surface area contributed by atoms with E-state index in [1.54, 1.807) is 11.3 Å². The Morgan fingerprint density at radius 1 is 1.24 bits per heavy atom.